The quantitative estimate of drug-likeness (QED) is 0.755. The molecule has 2 aromatic heterocycles. The van der Waals surface area contributed by atoms with Crippen molar-refractivity contribution in [3.8, 4) is 11.4 Å². The zero-order valence-electron chi connectivity index (χ0n) is 12.6. The molecule has 0 fully saturated rings. The number of aliphatic hydroxyl groups excluding tert-OH is 1. The predicted molar refractivity (Wildman–Crippen MR) is 85.6 cm³/mol. The number of nitrogens with one attached hydrogen (secondary N) is 1. The van der Waals surface area contributed by atoms with Crippen molar-refractivity contribution < 1.29 is 5.11 Å². The minimum Gasteiger partial charge on any atom is -0.394 e. The van der Waals surface area contributed by atoms with E-state index < -0.39 is 0 Å². The van der Waals surface area contributed by atoms with Gasteiger partial charge in [0.05, 0.1) is 12.6 Å². The van der Waals surface area contributed by atoms with E-state index in [0.717, 1.165) is 5.56 Å². The zero-order chi connectivity index (χ0) is 15.5. The van der Waals surface area contributed by atoms with Crippen molar-refractivity contribution in [3.63, 3.8) is 0 Å². The summed E-state index contributed by atoms with van der Waals surface area (Å²) in [5.74, 6) is 1.69. The highest BCUT2D eigenvalue weighted by molar-refractivity contribution is 5.59. The number of hydrogen-bond donors (Lipinski definition) is 2. The summed E-state index contributed by atoms with van der Waals surface area (Å²) in [6.45, 7) is 4.17. The van der Waals surface area contributed by atoms with E-state index in [0.29, 0.717) is 23.2 Å². The van der Waals surface area contributed by atoms with Crippen LogP contribution in [0.3, 0.4) is 0 Å². The standard InChI is InChI=1S/C16H19N5O/c1-11(2)13(10-22)17-14-8-9-15-18-19-16(21(15)20-14)12-6-4-3-5-7-12/h3-9,11,13,22H,10H2,1-2H3,(H,17,20)/t13-/m1/s1. The molecule has 0 unspecified atom stereocenters. The van der Waals surface area contributed by atoms with Crippen LogP contribution in [0.15, 0.2) is 42.5 Å². The summed E-state index contributed by atoms with van der Waals surface area (Å²) >= 11 is 0. The van der Waals surface area contributed by atoms with Crippen LogP contribution in [0.4, 0.5) is 5.82 Å². The Labute approximate surface area is 128 Å². The van der Waals surface area contributed by atoms with E-state index >= 15 is 0 Å². The average molecular weight is 297 g/mol. The summed E-state index contributed by atoms with van der Waals surface area (Å²) in [5.41, 5.74) is 1.65. The highest BCUT2D eigenvalue weighted by Crippen LogP contribution is 2.18. The fraction of sp³-hybridized carbons (Fsp3) is 0.312. The Morgan fingerprint density at radius 1 is 1.09 bits per heavy atom. The van der Waals surface area contributed by atoms with Crippen LogP contribution in [-0.4, -0.2) is 37.6 Å². The first-order valence-electron chi connectivity index (χ1n) is 7.34. The van der Waals surface area contributed by atoms with E-state index in [1.54, 1.807) is 4.52 Å². The van der Waals surface area contributed by atoms with Gasteiger partial charge in [0.25, 0.3) is 0 Å². The molecule has 3 rings (SSSR count). The number of aliphatic hydroxyl groups is 1. The first-order valence-corrected chi connectivity index (χ1v) is 7.34. The molecule has 0 radical (unpaired) electrons. The molecule has 2 N–H and O–H groups in total. The molecule has 0 aliphatic carbocycles. The lowest BCUT2D eigenvalue weighted by molar-refractivity contribution is 0.249. The summed E-state index contributed by atoms with van der Waals surface area (Å²) in [7, 11) is 0. The number of anilines is 1. The van der Waals surface area contributed by atoms with Crippen molar-refractivity contribution in [3.05, 3.63) is 42.5 Å². The van der Waals surface area contributed by atoms with Crippen LogP contribution in [0.25, 0.3) is 17.0 Å². The van der Waals surface area contributed by atoms with Gasteiger partial charge in [0, 0.05) is 5.56 Å². The van der Waals surface area contributed by atoms with Gasteiger partial charge in [0.15, 0.2) is 11.5 Å². The van der Waals surface area contributed by atoms with E-state index in [2.05, 4.69) is 34.5 Å². The minimum atomic E-state index is -0.0402. The van der Waals surface area contributed by atoms with Crippen LogP contribution in [0.5, 0.6) is 0 Å². The first-order chi connectivity index (χ1) is 10.7. The molecule has 6 nitrogen and oxygen atoms in total. The van der Waals surface area contributed by atoms with E-state index in [1.807, 2.05) is 42.5 Å². The van der Waals surface area contributed by atoms with E-state index in [1.165, 1.54) is 0 Å². The van der Waals surface area contributed by atoms with Gasteiger partial charge in [-0.05, 0) is 18.1 Å². The van der Waals surface area contributed by atoms with Gasteiger partial charge in [-0.2, -0.15) is 4.52 Å². The number of hydrogen-bond acceptors (Lipinski definition) is 5. The molecule has 0 aliphatic heterocycles. The van der Waals surface area contributed by atoms with Crippen molar-refractivity contribution in [1.82, 2.24) is 19.8 Å². The second kappa shape index (κ2) is 6.11. The van der Waals surface area contributed by atoms with Crippen LogP contribution in [0.1, 0.15) is 13.8 Å². The molecule has 0 saturated carbocycles. The van der Waals surface area contributed by atoms with Gasteiger partial charge in [-0.25, -0.2) is 0 Å². The highest BCUT2D eigenvalue weighted by Gasteiger charge is 2.14. The van der Waals surface area contributed by atoms with Crippen molar-refractivity contribution in [1.29, 1.82) is 0 Å². The molecule has 0 spiro atoms. The molecule has 22 heavy (non-hydrogen) atoms. The molecule has 2 heterocycles. The normalized spacial score (nSPS) is 12.7. The molecule has 0 saturated heterocycles. The van der Waals surface area contributed by atoms with Gasteiger partial charge in [0.1, 0.15) is 5.82 Å². The van der Waals surface area contributed by atoms with Crippen molar-refractivity contribution >= 4 is 11.5 Å². The summed E-state index contributed by atoms with van der Waals surface area (Å²) < 4.78 is 1.71. The van der Waals surface area contributed by atoms with Gasteiger partial charge in [-0.15, -0.1) is 15.3 Å². The average Bonchev–Trinajstić information content (AvgIpc) is 2.96. The maximum atomic E-state index is 9.44. The number of aromatic nitrogens is 4. The Hall–Kier alpha value is -2.47. The van der Waals surface area contributed by atoms with Gasteiger partial charge < -0.3 is 10.4 Å². The second-order valence-electron chi connectivity index (χ2n) is 5.56. The summed E-state index contributed by atoms with van der Waals surface area (Å²) in [6.07, 6.45) is 0. The largest absolute Gasteiger partial charge is 0.394 e. The first kappa shape index (κ1) is 14.5. The minimum absolute atomic E-state index is 0.0402. The molecule has 3 aromatic rings. The third kappa shape index (κ3) is 2.78. The van der Waals surface area contributed by atoms with Crippen molar-refractivity contribution in [2.75, 3.05) is 11.9 Å². The lowest BCUT2D eigenvalue weighted by Crippen LogP contribution is -2.30. The monoisotopic (exact) mass is 297 g/mol. The Morgan fingerprint density at radius 2 is 1.86 bits per heavy atom. The molecule has 6 heteroatoms. The molecule has 0 aliphatic rings. The number of nitrogens with zero attached hydrogens (tertiary/aromatic N) is 4. The summed E-state index contributed by atoms with van der Waals surface area (Å²) in [5, 5.41) is 25.6. The molecular formula is C16H19N5O. The summed E-state index contributed by atoms with van der Waals surface area (Å²) in [6, 6.07) is 13.5. The lowest BCUT2D eigenvalue weighted by Gasteiger charge is -2.20. The molecule has 114 valence electrons. The predicted octanol–water partition coefficient (Wildman–Crippen LogP) is 2.22. The lowest BCUT2D eigenvalue weighted by atomic mass is 10.1. The van der Waals surface area contributed by atoms with Gasteiger partial charge in [0.2, 0.25) is 0 Å². The Balaban J connectivity index is 1.98. The number of fused-ring (bicyclic) bond motifs is 1. The van der Waals surface area contributed by atoms with E-state index in [4.69, 9.17) is 0 Å². The second-order valence-corrected chi connectivity index (χ2v) is 5.56. The molecular weight excluding hydrogens is 278 g/mol. The fourth-order valence-corrected chi connectivity index (χ4v) is 2.25. The third-order valence-electron chi connectivity index (χ3n) is 3.63. The Morgan fingerprint density at radius 3 is 2.55 bits per heavy atom. The topological polar surface area (TPSA) is 75.3 Å². The van der Waals surface area contributed by atoms with Gasteiger partial charge in [-0.1, -0.05) is 44.2 Å². The zero-order valence-corrected chi connectivity index (χ0v) is 12.6. The van der Waals surface area contributed by atoms with Gasteiger partial charge in [-0.3, -0.25) is 0 Å². The van der Waals surface area contributed by atoms with E-state index in [9.17, 15) is 5.11 Å². The smallest absolute Gasteiger partial charge is 0.185 e. The van der Waals surface area contributed by atoms with Crippen molar-refractivity contribution in [2.24, 2.45) is 5.92 Å². The Kier molecular flexibility index (Phi) is 4.02. The van der Waals surface area contributed by atoms with Crippen molar-refractivity contribution in [2.45, 2.75) is 19.9 Å². The molecule has 1 atom stereocenters. The Bertz CT molecular complexity index is 754. The van der Waals surface area contributed by atoms with Crippen LogP contribution in [0.2, 0.25) is 0 Å². The van der Waals surface area contributed by atoms with Crippen LogP contribution < -0.4 is 5.32 Å². The fourth-order valence-electron chi connectivity index (χ4n) is 2.25. The van der Waals surface area contributed by atoms with Gasteiger partial charge >= 0.3 is 0 Å². The number of benzene rings is 1. The van der Waals surface area contributed by atoms with Crippen LogP contribution in [-0.2, 0) is 0 Å². The van der Waals surface area contributed by atoms with E-state index in [-0.39, 0.29) is 12.6 Å². The summed E-state index contributed by atoms with van der Waals surface area (Å²) in [4.78, 5) is 0. The maximum absolute atomic E-state index is 9.44. The SMILES string of the molecule is CC(C)[C@@H](CO)Nc1ccc2nnc(-c3ccccc3)n2n1. The van der Waals surface area contributed by atoms with Crippen LogP contribution >= 0.6 is 0 Å². The molecule has 0 amide bonds. The molecule has 0 bridgehead atoms. The highest BCUT2D eigenvalue weighted by atomic mass is 16.3. The maximum Gasteiger partial charge on any atom is 0.185 e. The van der Waals surface area contributed by atoms with Crippen LogP contribution in [0, 0.1) is 5.92 Å². The number of rotatable bonds is 5. The molecule has 1 aromatic carbocycles. The third-order valence-corrected chi connectivity index (χ3v) is 3.63.